The van der Waals surface area contributed by atoms with Crippen molar-refractivity contribution in [3.05, 3.63) is 29.8 Å². The largest absolute Gasteiger partial charge is 0.416 e. The zero-order chi connectivity index (χ0) is 16.7. The number of oxime groups is 1. The van der Waals surface area contributed by atoms with Crippen molar-refractivity contribution in [2.24, 2.45) is 5.16 Å². The summed E-state index contributed by atoms with van der Waals surface area (Å²) in [5.41, 5.74) is -1.43. The molecular formula is C14H15F3N2O3S. The Morgan fingerprint density at radius 3 is 2.48 bits per heavy atom. The van der Waals surface area contributed by atoms with E-state index in [1.807, 2.05) is 0 Å². The molecular weight excluding hydrogens is 333 g/mol. The Labute approximate surface area is 131 Å². The van der Waals surface area contributed by atoms with E-state index in [0.29, 0.717) is 25.3 Å². The molecule has 1 fully saturated rings. The van der Waals surface area contributed by atoms with Crippen molar-refractivity contribution in [2.75, 3.05) is 13.1 Å². The Morgan fingerprint density at radius 1 is 1.22 bits per heavy atom. The van der Waals surface area contributed by atoms with Crippen LogP contribution in [0, 0.1) is 0 Å². The van der Waals surface area contributed by atoms with Crippen LogP contribution >= 0.6 is 0 Å². The SMILES string of the molecule is O=S(=O)(c1cccc(C(F)(F)F)c1)N1CCC2(CC=NO2)CC1. The number of hydrogen-bond acceptors (Lipinski definition) is 4. The third-order valence-electron chi connectivity index (χ3n) is 4.22. The number of halogens is 3. The molecule has 23 heavy (non-hydrogen) atoms. The minimum atomic E-state index is -4.58. The van der Waals surface area contributed by atoms with E-state index in [4.69, 9.17) is 4.84 Å². The predicted molar refractivity (Wildman–Crippen MR) is 76.4 cm³/mol. The molecule has 0 radical (unpaired) electrons. The Bertz CT molecular complexity index is 713. The van der Waals surface area contributed by atoms with Crippen molar-refractivity contribution in [1.29, 1.82) is 0 Å². The highest BCUT2D eigenvalue weighted by atomic mass is 32.2. The van der Waals surface area contributed by atoms with E-state index in [0.717, 1.165) is 12.1 Å². The topological polar surface area (TPSA) is 59.0 Å². The van der Waals surface area contributed by atoms with Crippen molar-refractivity contribution in [1.82, 2.24) is 4.31 Å². The number of piperidine rings is 1. The average molecular weight is 348 g/mol. The summed E-state index contributed by atoms with van der Waals surface area (Å²) in [6, 6.07) is 3.82. The quantitative estimate of drug-likeness (QED) is 0.826. The summed E-state index contributed by atoms with van der Waals surface area (Å²) >= 11 is 0. The Hall–Kier alpha value is -1.61. The lowest BCUT2D eigenvalue weighted by Gasteiger charge is -2.36. The summed E-state index contributed by atoms with van der Waals surface area (Å²) in [6.45, 7) is 0.393. The van der Waals surface area contributed by atoms with Gasteiger partial charge in [-0.2, -0.15) is 17.5 Å². The number of sulfonamides is 1. The van der Waals surface area contributed by atoms with Gasteiger partial charge in [-0.1, -0.05) is 11.2 Å². The molecule has 0 bridgehead atoms. The van der Waals surface area contributed by atoms with E-state index in [1.165, 1.54) is 10.4 Å². The predicted octanol–water partition coefficient (Wildman–Crippen LogP) is 2.63. The van der Waals surface area contributed by atoms with Crippen molar-refractivity contribution in [3.63, 3.8) is 0 Å². The smallest absolute Gasteiger partial charge is 0.389 e. The molecule has 0 N–H and O–H groups in total. The van der Waals surface area contributed by atoms with Crippen LogP contribution in [0.4, 0.5) is 13.2 Å². The van der Waals surface area contributed by atoms with Gasteiger partial charge in [0, 0.05) is 38.6 Å². The van der Waals surface area contributed by atoms with Crippen molar-refractivity contribution >= 4 is 16.2 Å². The van der Waals surface area contributed by atoms with Gasteiger partial charge in [-0.25, -0.2) is 8.42 Å². The molecule has 3 rings (SSSR count). The molecule has 1 spiro atoms. The van der Waals surface area contributed by atoms with Crippen molar-refractivity contribution in [3.8, 4) is 0 Å². The first-order chi connectivity index (χ1) is 10.7. The van der Waals surface area contributed by atoms with E-state index < -0.39 is 27.4 Å². The monoisotopic (exact) mass is 348 g/mol. The molecule has 0 atom stereocenters. The highest BCUT2D eigenvalue weighted by Gasteiger charge is 2.42. The Morgan fingerprint density at radius 2 is 1.91 bits per heavy atom. The summed E-state index contributed by atoms with van der Waals surface area (Å²) in [4.78, 5) is 4.97. The second kappa shape index (κ2) is 5.48. The van der Waals surface area contributed by atoms with Crippen LogP contribution in [0.3, 0.4) is 0 Å². The van der Waals surface area contributed by atoms with Crippen molar-refractivity contribution < 1.29 is 26.4 Å². The molecule has 5 nitrogen and oxygen atoms in total. The maximum atomic E-state index is 12.8. The maximum Gasteiger partial charge on any atom is 0.416 e. The summed E-state index contributed by atoms with van der Waals surface area (Å²) in [5, 5.41) is 3.73. The number of nitrogens with zero attached hydrogens (tertiary/aromatic N) is 2. The molecule has 2 aliphatic rings. The molecule has 0 saturated carbocycles. The molecule has 0 aromatic heterocycles. The lowest BCUT2D eigenvalue weighted by Crippen LogP contribution is -2.46. The first-order valence-corrected chi connectivity index (χ1v) is 8.54. The minimum absolute atomic E-state index is 0.196. The molecule has 1 aromatic rings. The van der Waals surface area contributed by atoms with E-state index in [1.54, 1.807) is 6.21 Å². The van der Waals surface area contributed by atoms with Gasteiger partial charge in [-0.3, -0.25) is 0 Å². The van der Waals surface area contributed by atoms with Crippen LogP contribution < -0.4 is 0 Å². The Balaban J connectivity index is 1.80. The summed E-state index contributed by atoms with van der Waals surface area (Å²) in [6.07, 6.45) is -1.37. The van der Waals surface area contributed by atoms with Crippen molar-refractivity contribution in [2.45, 2.75) is 35.9 Å². The first kappa shape index (κ1) is 16.3. The normalized spacial score (nSPS) is 21.5. The lowest BCUT2D eigenvalue weighted by molar-refractivity contribution is -0.137. The van der Waals surface area contributed by atoms with Gasteiger partial charge in [-0.05, 0) is 18.2 Å². The molecule has 0 amide bonds. The van der Waals surface area contributed by atoms with E-state index in [9.17, 15) is 21.6 Å². The molecule has 2 aliphatic heterocycles. The number of benzene rings is 1. The van der Waals surface area contributed by atoms with E-state index in [2.05, 4.69) is 5.16 Å². The number of hydrogen-bond donors (Lipinski definition) is 0. The molecule has 1 saturated heterocycles. The third-order valence-corrected chi connectivity index (χ3v) is 6.11. The van der Waals surface area contributed by atoms with Crippen LogP contribution in [-0.4, -0.2) is 37.6 Å². The summed E-state index contributed by atoms with van der Waals surface area (Å²) in [7, 11) is -3.95. The fraction of sp³-hybridized carbons (Fsp3) is 0.500. The molecule has 0 aliphatic carbocycles. The third kappa shape index (κ3) is 3.07. The zero-order valence-corrected chi connectivity index (χ0v) is 12.9. The Kier molecular flexibility index (Phi) is 3.88. The highest BCUT2D eigenvalue weighted by molar-refractivity contribution is 7.89. The summed E-state index contributed by atoms with van der Waals surface area (Å²) in [5.74, 6) is 0. The molecule has 126 valence electrons. The van der Waals surface area contributed by atoms with Crippen LogP contribution in [0.25, 0.3) is 0 Å². The van der Waals surface area contributed by atoms with Crippen LogP contribution in [0.5, 0.6) is 0 Å². The van der Waals surface area contributed by atoms with Crippen LogP contribution in [-0.2, 0) is 21.0 Å². The highest BCUT2D eigenvalue weighted by Crippen LogP contribution is 2.35. The fourth-order valence-corrected chi connectivity index (χ4v) is 4.29. The van der Waals surface area contributed by atoms with E-state index in [-0.39, 0.29) is 18.0 Å². The van der Waals surface area contributed by atoms with Gasteiger partial charge in [-0.15, -0.1) is 0 Å². The average Bonchev–Trinajstić information content (AvgIpc) is 2.95. The van der Waals surface area contributed by atoms with Gasteiger partial charge >= 0.3 is 6.18 Å². The molecule has 0 unspecified atom stereocenters. The lowest BCUT2D eigenvalue weighted by atomic mass is 9.90. The van der Waals surface area contributed by atoms with Gasteiger partial charge in [0.25, 0.3) is 0 Å². The second-order valence-corrected chi connectivity index (χ2v) is 7.63. The number of rotatable bonds is 2. The summed E-state index contributed by atoms with van der Waals surface area (Å²) < 4.78 is 64.6. The van der Waals surface area contributed by atoms with Gasteiger partial charge in [0.05, 0.1) is 10.5 Å². The van der Waals surface area contributed by atoms with E-state index >= 15 is 0 Å². The first-order valence-electron chi connectivity index (χ1n) is 7.10. The standard InChI is InChI=1S/C14H15F3N2O3S/c15-14(16,17)11-2-1-3-12(10-11)23(20,21)19-8-5-13(6-9-19)4-7-18-22-13/h1-3,7,10H,4-6,8-9H2. The molecule has 2 heterocycles. The van der Waals surface area contributed by atoms with Gasteiger partial charge < -0.3 is 4.84 Å². The van der Waals surface area contributed by atoms with Gasteiger partial charge in [0.1, 0.15) is 5.60 Å². The zero-order valence-electron chi connectivity index (χ0n) is 12.1. The van der Waals surface area contributed by atoms with Crippen LogP contribution in [0.1, 0.15) is 24.8 Å². The fourth-order valence-electron chi connectivity index (χ4n) is 2.80. The van der Waals surface area contributed by atoms with Crippen LogP contribution in [0.15, 0.2) is 34.3 Å². The molecule has 9 heteroatoms. The van der Waals surface area contributed by atoms with Gasteiger partial charge in [0.2, 0.25) is 10.0 Å². The molecule has 1 aromatic carbocycles. The minimum Gasteiger partial charge on any atom is -0.389 e. The number of alkyl halides is 3. The maximum absolute atomic E-state index is 12.8. The van der Waals surface area contributed by atoms with Gasteiger partial charge in [0.15, 0.2) is 0 Å². The van der Waals surface area contributed by atoms with Crippen LogP contribution in [0.2, 0.25) is 0 Å². The second-order valence-electron chi connectivity index (χ2n) is 5.70.